The Kier molecular flexibility index (Phi) is 10.7. The van der Waals surface area contributed by atoms with Gasteiger partial charge in [-0.1, -0.05) is 25.5 Å². The van der Waals surface area contributed by atoms with E-state index in [1.807, 2.05) is 0 Å². The lowest BCUT2D eigenvalue weighted by Gasteiger charge is -2.35. The molecular weight excluding hydrogens is 505 g/mol. The largest absolute Gasteiger partial charge is 0.356 e. The highest BCUT2D eigenvalue weighted by Crippen LogP contribution is 2.22. The van der Waals surface area contributed by atoms with E-state index in [2.05, 4.69) is 27.4 Å². The van der Waals surface area contributed by atoms with Crippen LogP contribution in [0.25, 0.3) is 0 Å². The third kappa shape index (κ3) is 6.65. The van der Waals surface area contributed by atoms with E-state index in [1.54, 1.807) is 31.3 Å². The molecule has 2 N–H and O–H groups in total. The van der Waals surface area contributed by atoms with Gasteiger partial charge in [0.05, 0.1) is 11.1 Å². The monoisotopic (exact) mass is 541 g/mol. The maximum absolute atomic E-state index is 12.4. The van der Waals surface area contributed by atoms with E-state index in [-0.39, 0.29) is 35.8 Å². The lowest BCUT2D eigenvalue weighted by atomic mass is 10.0. The molecule has 1 fully saturated rings. The van der Waals surface area contributed by atoms with E-state index in [4.69, 9.17) is 0 Å². The van der Waals surface area contributed by atoms with Crippen molar-refractivity contribution in [1.82, 2.24) is 20.4 Å². The van der Waals surface area contributed by atoms with Crippen LogP contribution in [0.4, 0.5) is 0 Å². The molecular formula is C23H36IN5O2. The van der Waals surface area contributed by atoms with Gasteiger partial charge in [0, 0.05) is 39.3 Å². The molecule has 1 unspecified atom stereocenters. The van der Waals surface area contributed by atoms with Crippen molar-refractivity contribution in [2.45, 2.75) is 51.5 Å². The van der Waals surface area contributed by atoms with E-state index >= 15 is 0 Å². The molecule has 0 aliphatic carbocycles. The second kappa shape index (κ2) is 13.0. The van der Waals surface area contributed by atoms with Crippen LogP contribution in [0.1, 0.15) is 66.2 Å². The lowest BCUT2D eigenvalue weighted by Crippen LogP contribution is -2.46. The molecule has 31 heavy (non-hydrogen) atoms. The number of rotatable bonds is 9. The minimum Gasteiger partial charge on any atom is -0.356 e. The highest BCUT2D eigenvalue weighted by atomic mass is 127. The summed E-state index contributed by atoms with van der Waals surface area (Å²) in [6.45, 7) is 6.60. The zero-order chi connectivity index (χ0) is 21.3. The third-order valence-corrected chi connectivity index (χ3v) is 6.11. The number of aliphatic imine (C=N–C) groups is 1. The second-order valence-corrected chi connectivity index (χ2v) is 8.03. The summed E-state index contributed by atoms with van der Waals surface area (Å²) in [5.41, 5.74) is 1.04. The highest BCUT2D eigenvalue weighted by molar-refractivity contribution is 14.0. The molecule has 2 aliphatic rings. The van der Waals surface area contributed by atoms with Crippen LogP contribution in [0.15, 0.2) is 29.3 Å². The minimum atomic E-state index is -0.177. The van der Waals surface area contributed by atoms with Crippen molar-refractivity contribution in [2.24, 2.45) is 4.99 Å². The number of unbranched alkanes of at least 4 members (excludes halogenated alkanes) is 1. The number of nitrogens with zero attached hydrogens (tertiary/aromatic N) is 3. The molecule has 1 aromatic rings. The first-order valence-corrected chi connectivity index (χ1v) is 11.3. The first-order valence-electron chi connectivity index (χ1n) is 11.3. The smallest absolute Gasteiger partial charge is 0.261 e. The standard InChI is InChI=1S/C23H35N5O2.HI/c1-3-18-10-6-8-15-27(18)17-14-26-23(24-2)25-13-7-9-16-28-21(29)19-11-4-5-12-20(19)22(28)30;/h4-5,11-12,18H,3,6-10,13-17H2,1-2H3,(H2,24,25,26);1H. The van der Waals surface area contributed by atoms with Gasteiger partial charge in [-0.05, 0) is 50.8 Å². The Morgan fingerprint density at radius 1 is 1.03 bits per heavy atom. The molecule has 2 heterocycles. The fourth-order valence-corrected chi connectivity index (χ4v) is 4.40. The number of hydrogen-bond donors (Lipinski definition) is 2. The molecule has 0 spiro atoms. The SMILES string of the molecule is CCC1CCCCN1CCNC(=NC)NCCCCN1C(=O)c2ccccc2C1=O.I. The number of benzene rings is 1. The highest BCUT2D eigenvalue weighted by Gasteiger charge is 2.34. The summed E-state index contributed by atoms with van der Waals surface area (Å²) in [5, 5.41) is 6.73. The minimum absolute atomic E-state index is 0. The quantitative estimate of drug-likeness (QED) is 0.165. The van der Waals surface area contributed by atoms with Crippen LogP contribution in [-0.4, -0.2) is 73.4 Å². The van der Waals surface area contributed by atoms with Crippen LogP contribution in [0.2, 0.25) is 0 Å². The maximum atomic E-state index is 12.4. The zero-order valence-electron chi connectivity index (χ0n) is 18.7. The van der Waals surface area contributed by atoms with E-state index in [1.165, 1.54) is 37.1 Å². The number of halogens is 1. The van der Waals surface area contributed by atoms with Gasteiger partial charge < -0.3 is 10.6 Å². The maximum Gasteiger partial charge on any atom is 0.261 e. The summed E-state index contributed by atoms with van der Waals surface area (Å²) in [5.74, 6) is 0.453. The van der Waals surface area contributed by atoms with Gasteiger partial charge in [-0.2, -0.15) is 0 Å². The van der Waals surface area contributed by atoms with Crippen molar-refractivity contribution in [3.8, 4) is 0 Å². The van der Waals surface area contributed by atoms with Gasteiger partial charge in [0.15, 0.2) is 5.96 Å². The van der Waals surface area contributed by atoms with Gasteiger partial charge in [-0.3, -0.25) is 24.4 Å². The molecule has 3 rings (SSSR count). The molecule has 8 heteroatoms. The number of likely N-dealkylation sites (tertiary alicyclic amines) is 1. The number of hydrogen-bond acceptors (Lipinski definition) is 4. The molecule has 0 radical (unpaired) electrons. The molecule has 0 saturated carbocycles. The van der Waals surface area contributed by atoms with Crippen LogP contribution in [-0.2, 0) is 0 Å². The summed E-state index contributed by atoms with van der Waals surface area (Å²) in [6, 6.07) is 7.75. The number of carbonyl (C=O) groups excluding carboxylic acids is 2. The Bertz CT molecular complexity index is 735. The Morgan fingerprint density at radius 2 is 1.71 bits per heavy atom. The summed E-state index contributed by atoms with van der Waals surface area (Å²) in [6.07, 6.45) is 6.82. The van der Waals surface area contributed by atoms with Crippen molar-refractivity contribution in [3.05, 3.63) is 35.4 Å². The Balaban J connectivity index is 0.00000341. The van der Waals surface area contributed by atoms with Gasteiger partial charge in [0.2, 0.25) is 0 Å². The predicted octanol–water partition coefficient (Wildman–Crippen LogP) is 3.11. The third-order valence-electron chi connectivity index (χ3n) is 6.11. The van der Waals surface area contributed by atoms with E-state index in [0.29, 0.717) is 17.7 Å². The number of imide groups is 1. The fraction of sp³-hybridized carbons (Fsp3) is 0.609. The van der Waals surface area contributed by atoms with Crippen LogP contribution in [0.5, 0.6) is 0 Å². The molecule has 1 atom stereocenters. The first-order chi connectivity index (χ1) is 14.7. The summed E-state index contributed by atoms with van der Waals surface area (Å²) >= 11 is 0. The fourth-order valence-electron chi connectivity index (χ4n) is 4.40. The van der Waals surface area contributed by atoms with Crippen LogP contribution < -0.4 is 10.6 Å². The Hall–Kier alpha value is -1.68. The number of nitrogens with one attached hydrogen (secondary N) is 2. The number of guanidine groups is 1. The van der Waals surface area contributed by atoms with Gasteiger partial charge in [-0.15, -0.1) is 24.0 Å². The lowest BCUT2D eigenvalue weighted by molar-refractivity contribution is 0.0652. The van der Waals surface area contributed by atoms with E-state index < -0.39 is 0 Å². The number of carbonyl (C=O) groups is 2. The van der Waals surface area contributed by atoms with Crippen molar-refractivity contribution in [3.63, 3.8) is 0 Å². The Morgan fingerprint density at radius 3 is 2.35 bits per heavy atom. The van der Waals surface area contributed by atoms with Gasteiger partial charge in [0.1, 0.15) is 0 Å². The number of fused-ring (bicyclic) bond motifs is 1. The van der Waals surface area contributed by atoms with Gasteiger partial charge in [0.25, 0.3) is 11.8 Å². The molecule has 7 nitrogen and oxygen atoms in total. The molecule has 172 valence electrons. The number of amides is 2. The average molecular weight is 541 g/mol. The van der Waals surface area contributed by atoms with Crippen molar-refractivity contribution in [1.29, 1.82) is 0 Å². The Labute approximate surface area is 203 Å². The second-order valence-electron chi connectivity index (χ2n) is 8.03. The number of piperidine rings is 1. The molecule has 2 aliphatic heterocycles. The van der Waals surface area contributed by atoms with Crippen molar-refractivity contribution < 1.29 is 9.59 Å². The summed E-state index contributed by atoms with van der Waals surface area (Å²) in [7, 11) is 1.78. The van der Waals surface area contributed by atoms with Crippen molar-refractivity contribution in [2.75, 3.05) is 39.8 Å². The van der Waals surface area contributed by atoms with Gasteiger partial charge >= 0.3 is 0 Å². The molecule has 1 aromatic carbocycles. The van der Waals surface area contributed by atoms with Gasteiger partial charge in [-0.25, -0.2) is 0 Å². The molecule has 0 aromatic heterocycles. The van der Waals surface area contributed by atoms with Crippen LogP contribution in [0.3, 0.4) is 0 Å². The van der Waals surface area contributed by atoms with E-state index in [9.17, 15) is 9.59 Å². The molecule has 0 bridgehead atoms. The summed E-state index contributed by atoms with van der Waals surface area (Å²) in [4.78, 5) is 33.0. The molecule has 2 amide bonds. The zero-order valence-corrected chi connectivity index (χ0v) is 21.1. The van der Waals surface area contributed by atoms with Crippen LogP contribution in [0, 0.1) is 0 Å². The normalized spacial score (nSPS) is 19.2. The topological polar surface area (TPSA) is 77.0 Å². The predicted molar refractivity (Wildman–Crippen MR) is 135 cm³/mol. The van der Waals surface area contributed by atoms with Crippen molar-refractivity contribution >= 4 is 41.8 Å². The summed E-state index contributed by atoms with van der Waals surface area (Å²) < 4.78 is 0. The average Bonchev–Trinajstić information content (AvgIpc) is 3.02. The molecule has 1 saturated heterocycles. The van der Waals surface area contributed by atoms with E-state index in [0.717, 1.165) is 44.5 Å². The van der Waals surface area contributed by atoms with Crippen LogP contribution >= 0.6 is 24.0 Å². The first kappa shape index (κ1) is 25.6.